The van der Waals surface area contributed by atoms with E-state index in [0.29, 0.717) is 0 Å². The lowest BCUT2D eigenvalue weighted by Crippen LogP contribution is -2.47. The average Bonchev–Trinajstić information content (AvgIpc) is 2.08. The predicted molar refractivity (Wildman–Crippen MR) is 56.9 cm³/mol. The van der Waals surface area contributed by atoms with Gasteiger partial charge in [-0.25, -0.2) is 0 Å². The van der Waals surface area contributed by atoms with Crippen LogP contribution in [0.1, 0.15) is 13.8 Å². The molecule has 0 nitrogen and oxygen atoms in total. The number of hydrogen-bond donors (Lipinski definition) is 0. The molecule has 0 N–H and O–H groups in total. The van der Waals surface area contributed by atoms with Crippen molar-refractivity contribution in [3.8, 4) is 0 Å². The minimum absolute atomic E-state index is 0.0702. The summed E-state index contributed by atoms with van der Waals surface area (Å²) in [4.78, 5) is 0. The highest BCUT2D eigenvalue weighted by molar-refractivity contribution is 6.35. The summed E-state index contributed by atoms with van der Waals surface area (Å²) in [6.07, 6.45) is 0. The smallest absolute Gasteiger partial charge is 0.0543 e. The molecule has 0 unspecified atom stereocenters. The van der Waals surface area contributed by atoms with E-state index in [1.165, 1.54) is 0 Å². The molecule has 1 rings (SSSR count). The zero-order valence-electron chi connectivity index (χ0n) is 6.98. The summed E-state index contributed by atoms with van der Waals surface area (Å²) in [5.74, 6) is 0.351. The highest BCUT2D eigenvalue weighted by Gasteiger charge is 2.44. The highest BCUT2D eigenvalue weighted by atomic mass is 35.5. The quantitative estimate of drug-likeness (QED) is 0.575. The first kappa shape index (κ1) is 11.2. The van der Waals surface area contributed by atoms with Crippen molar-refractivity contribution in [2.75, 3.05) is 0 Å². The van der Waals surface area contributed by atoms with Crippen LogP contribution in [0.25, 0.3) is 0 Å². The topological polar surface area (TPSA) is 0 Å². The van der Waals surface area contributed by atoms with Gasteiger partial charge in [0, 0.05) is 0 Å². The van der Waals surface area contributed by atoms with Gasteiger partial charge in [0.2, 0.25) is 0 Å². The first-order valence-corrected chi connectivity index (χ1v) is 5.77. The minimum Gasteiger partial charge on any atom is -0.121 e. The molecule has 0 amide bonds. The molecule has 0 saturated heterocycles. The third-order valence-corrected chi connectivity index (χ3v) is 5.55. The molecule has 0 aromatic rings. The summed E-state index contributed by atoms with van der Waals surface area (Å²) in [6.45, 7) is 3.98. The van der Waals surface area contributed by atoms with Crippen LogP contribution in [-0.2, 0) is 0 Å². The molecule has 0 heterocycles. The average molecular weight is 250 g/mol. The van der Waals surface area contributed by atoms with E-state index in [4.69, 9.17) is 46.4 Å². The lowest BCUT2D eigenvalue weighted by Gasteiger charge is -2.40. The van der Waals surface area contributed by atoms with Crippen LogP contribution in [0.5, 0.6) is 0 Å². The Morgan fingerprint density at radius 1 is 0.583 bits per heavy atom. The van der Waals surface area contributed by atoms with Gasteiger partial charge < -0.3 is 0 Å². The van der Waals surface area contributed by atoms with Crippen LogP contribution in [0, 0.1) is 11.8 Å². The molecule has 0 aromatic carbocycles. The maximum Gasteiger partial charge on any atom is 0.0543 e. The first-order chi connectivity index (χ1) is 5.46. The number of alkyl halides is 4. The Kier molecular flexibility index (Phi) is 3.86. The van der Waals surface area contributed by atoms with Gasteiger partial charge in [0.25, 0.3) is 0 Å². The van der Waals surface area contributed by atoms with Crippen LogP contribution >= 0.6 is 46.4 Å². The second kappa shape index (κ2) is 4.13. The van der Waals surface area contributed by atoms with Gasteiger partial charge in [-0.3, -0.25) is 0 Å². The van der Waals surface area contributed by atoms with Gasteiger partial charge >= 0.3 is 0 Å². The van der Waals surface area contributed by atoms with Crippen LogP contribution < -0.4 is 0 Å². The van der Waals surface area contributed by atoms with Crippen molar-refractivity contribution in [1.29, 1.82) is 0 Å². The second-order valence-corrected chi connectivity index (χ2v) is 5.51. The van der Waals surface area contributed by atoms with Crippen molar-refractivity contribution >= 4 is 46.4 Å². The number of halogens is 4. The Morgan fingerprint density at radius 2 is 0.750 bits per heavy atom. The standard InChI is InChI=1S/C8H12Cl4/c1-3-5(9)7(11)4(2)8(12)6(3)10/h3-8H,1-2H3/t3-,4+,5-,6+,7+,8-. The summed E-state index contributed by atoms with van der Waals surface area (Å²) in [5.41, 5.74) is 0. The summed E-state index contributed by atoms with van der Waals surface area (Å²) in [6, 6.07) is 0. The lowest BCUT2D eigenvalue weighted by atomic mass is 9.82. The Morgan fingerprint density at radius 3 is 0.917 bits per heavy atom. The van der Waals surface area contributed by atoms with Crippen molar-refractivity contribution in [3.63, 3.8) is 0 Å². The molecular formula is C8H12Cl4. The predicted octanol–water partition coefficient (Wildman–Crippen LogP) is 3.70. The lowest BCUT2D eigenvalue weighted by molar-refractivity contribution is 0.333. The largest absolute Gasteiger partial charge is 0.121 e. The molecule has 0 spiro atoms. The molecule has 6 atom stereocenters. The summed E-state index contributed by atoms with van der Waals surface area (Å²) in [5, 5.41) is -0.281. The number of rotatable bonds is 0. The van der Waals surface area contributed by atoms with E-state index in [-0.39, 0.29) is 33.3 Å². The van der Waals surface area contributed by atoms with Crippen molar-refractivity contribution in [2.24, 2.45) is 11.8 Å². The Labute approximate surface area is 93.5 Å². The fourth-order valence-electron chi connectivity index (χ4n) is 1.51. The fraction of sp³-hybridized carbons (Fsp3) is 1.00. The fourth-order valence-corrected chi connectivity index (χ4v) is 3.20. The van der Waals surface area contributed by atoms with Crippen LogP contribution in [0.15, 0.2) is 0 Å². The molecule has 4 heteroatoms. The maximum absolute atomic E-state index is 6.10. The molecule has 12 heavy (non-hydrogen) atoms. The van der Waals surface area contributed by atoms with E-state index in [2.05, 4.69) is 0 Å². The third kappa shape index (κ3) is 1.82. The SMILES string of the molecule is C[C@@H]1[C@@H](Cl)[C@@H](Cl)[C@H](C)[C@@H](Cl)[C@H]1Cl. The zero-order chi connectivity index (χ0) is 9.46. The summed E-state index contributed by atoms with van der Waals surface area (Å²) >= 11 is 24.4. The molecule has 0 bridgehead atoms. The molecule has 1 aliphatic rings. The van der Waals surface area contributed by atoms with Crippen LogP contribution in [0.3, 0.4) is 0 Å². The molecule has 1 saturated carbocycles. The van der Waals surface area contributed by atoms with Crippen LogP contribution in [-0.4, -0.2) is 21.5 Å². The van der Waals surface area contributed by atoms with E-state index in [1.54, 1.807) is 0 Å². The van der Waals surface area contributed by atoms with E-state index in [9.17, 15) is 0 Å². The van der Waals surface area contributed by atoms with Gasteiger partial charge in [0.15, 0.2) is 0 Å². The number of hydrogen-bond acceptors (Lipinski definition) is 0. The maximum atomic E-state index is 6.10. The molecule has 0 radical (unpaired) electrons. The van der Waals surface area contributed by atoms with Crippen molar-refractivity contribution < 1.29 is 0 Å². The van der Waals surface area contributed by atoms with E-state index < -0.39 is 0 Å². The van der Waals surface area contributed by atoms with Crippen LogP contribution in [0.4, 0.5) is 0 Å². The normalized spacial score (nSPS) is 55.5. The molecule has 0 aliphatic heterocycles. The van der Waals surface area contributed by atoms with Gasteiger partial charge in [-0.15, -0.1) is 46.4 Å². The minimum atomic E-state index is -0.0702. The Bertz CT molecular complexity index is 103. The van der Waals surface area contributed by atoms with Gasteiger partial charge in [-0.05, 0) is 11.8 Å². The Hall–Kier alpha value is 1.16. The van der Waals surface area contributed by atoms with E-state index in [1.807, 2.05) is 13.8 Å². The molecule has 72 valence electrons. The van der Waals surface area contributed by atoms with E-state index in [0.717, 1.165) is 0 Å². The van der Waals surface area contributed by atoms with Crippen molar-refractivity contribution in [3.05, 3.63) is 0 Å². The highest BCUT2D eigenvalue weighted by Crippen LogP contribution is 2.41. The molecule has 0 aromatic heterocycles. The molecule has 1 fully saturated rings. The van der Waals surface area contributed by atoms with E-state index >= 15 is 0 Å². The third-order valence-electron chi connectivity index (χ3n) is 2.62. The second-order valence-electron chi connectivity index (χ2n) is 3.50. The first-order valence-electron chi connectivity index (χ1n) is 4.03. The van der Waals surface area contributed by atoms with Gasteiger partial charge in [0.1, 0.15) is 0 Å². The molecule has 1 aliphatic carbocycles. The zero-order valence-corrected chi connectivity index (χ0v) is 10.00. The Balaban J connectivity index is 2.76. The molecular weight excluding hydrogens is 238 g/mol. The van der Waals surface area contributed by atoms with Gasteiger partial charge in [-0.2, -0.15) is 0 Å². The van der Waals surface area contributed by atoms with Crippen molar-refractivity contribution in [1.82, 2.24) is 0 Å². The summed E-state index contributed by atoms with van der Waals surface area (Å²) < 4.78 is 0. The summed E-state index contributed by atoms with van der Waals surface area (Å²) in [7, 11) is 0. The van der Waals surface area contributed by atoms with Gasteiger partial charge in [-0.1, -0.05) is 13.8 Å². The van der Waals surface area contributed by atoms with Gasteiger partial charge in [0.05, 0.1) is 21.5 Å². The monoisotopic (exact) mass is 248 g/mol. The van der Waals surface area contributed by atoms with Crippen molar-refractivity contribution in [2.45, 2.75) is 35.4 Å². The van der Waals surface area contributed by atoms with Crippen LogP contribution in [0.2, 0.25) is 0 Å².